The van der Waals surface area contributed by atoms with Crippen LogP contribution in [0.5, 0.6) is 0 Å². The van der Waals surface area contributed by atoms with Crippen LogP contribution in [-0.2, 0) is 0 Å². The highest BCUT2D eigenvalue weighted by molar-refractivity contribution is 4.79. The van der Waals surface area contributed by atoms with Crippen molar-refractivity contribution in [1.29, 1.82) is 0 Å². The molecule has 0 aromatic rings. The molecule has 0 radical (unpaired) electrons. The molecule has 1 aliphatic heterocycles. The lowest BCUT2D eigenvalue weighted by Crippen LogP contribution is -2.47. The van der Waals surface area contributed by atoms with Crippen LogP contribution in [0.3, 0.4) is 0 Å². The molecule has 1 aliphatic rings. The van der Waals surface area contributed by atoms with Crippen molar-refractivity contribution >= 4 is 0 Å². The van der Waals surface area contributed by atoms with Crippen LogP contribution in [0, 0.1) is 0 Å². The summed E-state index contributed by atoms with van der Waals surface area (Å²) in [5.41, 5.74) is -0.631. The number of aliphatic hydroxyl groups is 1. The maximum atomic E-state index is 9.78. The van der Waals surface area contributed by atoms with Crippen LogP contribution in [0.15, 0.2) is 0 Å². The first-order valence-electron chi connectivity index (χ1n) is 6.76. The first-order valence-corrected chi connectivity index (χ1v) is 6.76. The second-order valence-electron chi connectivity index (χ2n) is 5.83. The molecule has 0 aromatic heterocycles. The molecule has 1 unspecified atom stereocenters. The van der Waals surface area contributed by atoms with E-state index in [-0.39, 0.29) is 6.04 Å². The number of piperazine rings is 1. The largest absolute Gasteiger partial charge is 0.389 e. The quantitative estimate of drug-likeness (QED) is 0.661. The molecule has 4 nitrogen and oxygen atoms in total. The van der Waals surface area contributed by atoms with Crippen LogP contribution in [0.4, 0.5) is 0 Å². The number of likely N-dealkylation sites (N-methyl/N-ethyl adjacent to an activating group) is 1. The van der Waals surface area contributed by atoms with Gasteiger partial charge in [0, 0.05) is 32.2 Å². The molecule has 17 heavy (non-hydrogen) atoms. The summed E-state index contributed by atoms with van der Waals surface area (Å²) in [5, 5.41) is 13.2. The molecule has 0 spiro atoms. The van der Waals surface area contributed by atoms with E-state index >= 15 is 0 Å². The second kappa shape index (κ2) is 6.69. The van der Waals surface area contributed by atoms with E-state index in [0.717, 1.165) is 13.0 Å². The van der Waals surface area contributed by atoms with Crippen molar-refractivity contribution < 1.29 is 5.11 Å². The Labute approximate surface area is 106 Å². The van der Waals surface area contributed by atoms with Crippen LogP contribution >= 0.6 is 0 Å². The third-order valence-corrected chi connectivity index (χ3v) is 3.76. The summed E-state index contributed by atoms with van der Waals surface area (Å²) in [6.45, 7) is 12.7. The van der Waals surface area contributed by atoms with Crippen LogP contribution < -0.4 is 5.32 Å². The van der Waals surface area contributed by atoms with Gasteiger partial charge in [-0.25, -0.2) is 0 Å². The lowest BCUT2D eigenvalue weighted by molar-refractivity contribution is 0.0439. The van der Waals surface area contributed by atoms with Gasteiger partial charge in [0.05, 0.1) is 5.60 Å². The summed E-state index contributed by atoms with van der Waals surface area (Å²) >= 11 is 0. The Bertz CT molecular complexity index is 207. The van der Waals surface area contributed by atoms with Crippen molar-refractivity contribution in [3.05, 3.63) is 0 Å². The average Bonchev–Trinajstić information content (AvgIpc) is 2.25. The molecule has 1 rings (SSSR count). The lowest BCUT2D eigenvalue weighted by atomic mass is 10.0. The highest BCUT2D eigenvalue weighted by atomic mass is 16.3. The molecule has 2 N–H and O–H groups in total. The van der Waals surface area contributed by atoms with E-state index in [1.807, 2.05) is 20.8 Å². The molecule has 0 aliphatic carbocycles. The van der Waals surface area contributed by atoms with Crippen molar-refractivity contribution in [2.45, 2.75) is 38.8 Å². The molecule has 0 amide bonds. The van der Waals surface area contributed by atoms with Crippen LogP contribution in [0.25, 0.3) is 0 Å². The Morgan fingerprint density at radius 3 is 2.35 bits per heavy atom. The Kier molecular flexibility index (Phi) is 5.86. The smallest absolute Gasteiger partial charge is 0.0741 e. The number of nitrogens with zero attached hydrogens (tertiary/aromatic N) is 2. The van der Waals surface area contributed by atoms with Crippen molar-refractivity contribution in [3.8, 4) is 0 Å². The van der Waals surface area contributed by atoms with Gasteiger partial charge in [-0.05, 0) is 47.3 Å². The van der Waals surface area contributed by atoms with Gasteiger partial charge in [-0.2, -0.15) is 0 Å². The molecule has 1 saturated heterocycles. The van der Waals surface area contributed by atoms with Crippen molar-refractivity contribution in [3.63, 3.8) is 0 Å². The summed E-state index contributed by atoms with van der Waals surface area (Å²) in [7, 11) is 2.18. The van der Waals surface area contributed by atoms with E-state index < -0.39 is 5.60 Å². The molecule has 4 heteroatoms. The number of rotatable bonds is 6. The molecule has 1 atom stereocenters. The van der Waals surface area contributed by atoms with Crippen LogP contribution in [-0.4, -0.2) is 72.9 Å². The fourth-order valence-electron chi connectivity index (χ4n) is 1.94. The zero-order chi connectivity index (χ0) is 12.9. The molecule has 0 saturated carbocycles. The summed E-state index contributed by atoms with van der Waals surface area (Å²) in [4.78, 5) is 4.90. The van der Waals surface area contributed by atoms with Gasteiger partial charge in [0.15, 0.2) is 0 Å². The molecule has 0 aromatic carbocycles. The topological polar surface area (TPSA) is 38.7 Å². The van der Waals surface area contributed by atoms with Crippen molar-refractivity contribution in [2.75, 3.05) is 46.3 Å². The molecular weight excluding hydrogens is 214 g/mol. The molecule has 0 bridgehead atoms. The maximum absolute atomic E-state index is 9.78. The van der Waals surface area contributed by atoms with E-state index in [4.69, 9.17) is 0 Å². The van der Waals surface area contributed by atoms with Crippen LogP contribution in [0.2, 0.25) is 0 Å². The summed E-state index contributed by atoms with van der Waals surface area (Å²) in [6.07, 6.45) is 1.16. The average molecular weight is 243 g/mol. The maximum Gasteiger partial charge on any atom is 0.0741 e. The molecule has 1 fully saturated rings. The number of hydrogen-bond acceptors (Lipinski definition) is 4. The van der Waals surface area contributed by atoms with Gasteiger partial charge >= 0.3 is 0 Å². The first-order chi connectivity index (χ1) is 7.89. The Hall–Kier alpha value is -0.160. The highest BCUT2D eigenvalue weighted by Gasteiger charge is 2.21. The van der Waals surface area contributed by atoms with Gasteiger partial charge in [-0.15, -0.1) is 0 Å². The minimum atomic E-state index is -0.631. The standard InChI is InChI=1S/C13H29N3O/c1-12(13(2,3)17)14-6-5-7-16-10-8-15(4)9-11-16/h12,14,17H,5-11H2,1-4H3. The first kappa shape index (κ1) is 14.9. The highest BCUT2D eigenvalue weighted by Crippen LogP contribution is 2.07. The van der Waals surface area contributed by atoms with E-state index in [1.54, 1.807) is 0 Å². The summed E-state index contributed by atoms with van der Waals surface area (Å²) in [5.74, 6) is 0. The Morgan fingerprint density at radius 2 is 1.82 bits per heavy atom. The van der Waals surface area contributed by atoms with Crippen molar-refractivity contribution in [1.82, 2.24) is 15.1 Å². The second-order valence-corrected chi connectivity index (χ2v) is 5.83. The van der Waals surface area contributed by atoms with Gasteiger partial charge in [-0.1, -0.05) is 0 Å². The normalized spacial score (nSPS) is 21.7. The lowest BCUT2D eigenvalue weighted by Gasteiger charge is -2.32. The van der Waals surface area contributed by atoms with Gasteiger partial charge in [0.25, 0.3) is 0 Å². The zero-order valence-corrected chi connectivity index (χ0v) is 11.9. The number of hydrogen-bond donors (Lipinski definition) is 2. The SMILES string of the molecule is CC(NCCCN1CCN(C)CC1)C(C)(C)O. The third-order valence-electron chi connectivity index (χ3n) is 3.76. The molecular formula is C13H29N3O. The van der Waals surface area contributed by atoms with Gasteiger partial charge in [-0.3, -0.25) is 0 Å². The Balaban J connectivity index is 2.04. The van der Waals surface area contributed by atoms with E-state index in [1.165, 1.54) is 32.7 Å². The fraction of sp³-hybridized carbons (Fsp3) is 1.00. The monoisotopic (exact) mass is 243 g/mol. The van der Waals surface area contributed by atoms with Gasteiger partial charge in [0.1, 0.15) is 0 Å². The predicted octanol–water partition coefficient (Wildman–Crippen LogP) is 0.373. The fourth-order valence-corrected chi connectivity index (χ4v) is 1.94. The minimum absolute atomic E-state index is 0.148. The van der Waals surface area contributed by atoms with E-state index in [9.17, 15) is 5.11 Å². The van der Waals surface area contributed by atoms with Crippen LogP contribution in [0.1, 0.15) is 27.2 Å². The van der Waals surface area contributed by atoms with Crippen molar-refractivity contribution in [2.24, 2.45) is 0 Å². The minimum Gasteiger partial charge on any atom is -0.389 e. The molecule has 1 heterocycles. The van der Waals surface area contributed by atoms with E-state index in [2.05, 4.69) is 22.2 Å². The molecule has 102 valence electrons. The zero-order valence-electron chi connectivity index (χ0n) is 11.9. The number of nitrogens with one attached hydrogen (secondary N) is 1. The van der Waals surface area contributed by atoms with E-state index in [0.29, 0.717) is 0 Å². The predicted molar refractivity (Wildman–Crippen MR) is 72.3 cm³/mol. The van der Waals surface area contributed by atoms with Gasteiger partial charge in [0.2, 0.25) is 0 Å². The summed E-state index contributed by atoms with van der Waals surface area (Å²) < 4.78 is 0. The van der Waals surface area contributed by atoms with Gasteiger partial charge < -0.3 is 20.2 Å². The third kappa shape index (κ3) is 5.82. The Morgan fingerprint density at radius 1 is 1.24 bits per heavy atom. The summed E-state index contributed by atoms with van der Waals surface area (Å²) in [6, 6.07) is 0.148.